The van der Waals surface area contributed by atoms with Crippen molar-refractivity contribution in [3.8, 4) is 0 Å². The van der Waals surface area contributed by atoms with Crippen LogP contribution in [0.15, 0.2) is 36.4 Å². The number of hydrogen-bond donors (Lipinski definition) is 3. The Morgan fingerprint density at radius 1 is 1.31 bits per heavy atom. The Hall–Kier alpha value is -2.93. The summed E-state index contributed by atoms with van der Waals surface area (Å²) in [7, 11) is 0. The van der Waals surface area contributed by atoms with Crippen molar-refractivity contribution in [1.82, 2.24) is 10.6 Å². The van der Waals surface area contributed by atoms with Crippen molar-refractivity contribution in [3.05, 3.63) is 64.5 Å². The zero-order chi connectivity index (χ0) is 18.7. The standard InChI is InChI=1S/C19H21FN4O2/c1-12-8-14(4-5-17(12)24-7-6-22-19(24)26)18(25)23-11-15-3-2-13(10-21)9-16(15)20/h2-5,8-9H,6-7,10-11,21H2,1H3,(H,22,26)(H,23,25). The number of nitrogens with zero attached hydrogens (tertiary/aromatic N) is 1. The zero-order valence-corrected chi connectivity index (χ0v) is 14.5. The monoisotopic (exact) mass is 356 g/mol. The lowest BCUT2D eigenvalue weighted by molar-refractivity contribution is 0.0950. The second-order valence-electron chi connectivity index (χ2n) is 6.20. The topological polar surface area (TPSA) is 87.5 Å². The van der Waals surface area contributed by atoms with E-state index >= 15 is 0 Å². The number of aryl methyl sites for hydroxylation is 1. The molecule has 4 N–H and O–H groups in total. The molecule has 1 heterocycles. The number of anilines is 1. The summed E-state index contributed by atoms with van der Waals surface area (Å²) in [6.07, 6.45) is 0. The molecule has 2 aromatic rings. The fourth-order valence-corrected chi connectivity index (χ4v) is 2.94. The third-order valence-corrected chi connectivity index (χ3v) is 4.40. The highest BCUT2D eigenvalue weighted by Crippen LogP contribution is 2.23. The van der Waals surface area contributed by atoms with E-state index in [1.807, 2.05) is 6.92 Å². The van der Waals surface area contributed by atoms with Crippen LogP contribution < -0.4 is 21.3 Å². The van der Waals surface area contributed by atoms with E-state index in [4.69, 9.17) is 5.73 Å². The van der Waals surface area contributed by atoms with Crippen molar-refractivity contribution in [2.24, 2.45) is 5.73 Å². The predicted molar refractivity (Wildman–Crippen MR) is 97.4 cm³/mol. The molecule has 26 heavy (non-hydrogen) atoms. The Morgan fingerprint density at radius 2 is 2.12 bits per heavy atom. The summed E-state index contributed by atoms with van der Waals surface area (Å²) in [6, 6.07) is 9.75. The van der Waals surface area contributed by atoms with E-state index in [0.29, 0.717) is 29.8 Å². The van der Waals surface area contributed by atoms with Crippen LogP contribution in [0.5, 0.6) is 0 Å². The summed E-state index contributed by atoms with van der Waals surface area (Å²) < 4.78 is 14.0. The lowest BCUT2D eigenvalue weighted by Gasteiger charge is -2.17. The molecule has 1 aliphatic rings. The molecule has 7 heteroatoms. The van der Waals surface area contributed by atoms with E-state index in [-0.39, 0.29) is 30.8 Å². The second kappa shape index (κ2) is 7.53. The maximum atomic E-state index is 14.0. The van der Waals surface area contributed by atoms with Crippen molar-refractivity contribution < 1.29 is 14.0 Å². The largest absolute Gasteiger partial charge is 0.348 e. The van der Waals surface area contributed by atoms with E-state index in [1.54, 1.807) is 35.2 Å². The minimum atomic E-state index is -0.389. The molecular formula is C19H21FN4O2. The first-order valence-electron chi connectivity index (χ1n) is 8.41. The molecule has 2 aromatic carbocycles. The van der Waals surface area contributed by atoms with Crippen molar-refractivity contribution in [3.63, 3.8) is 0 Å². The molecule has 0 spiro atoms. The molecule has 1 saturated heterocycles. The van der Waals surface area contributed by atoms with Gasteiger partial charge in [0.25, 0.3) is 5.91 Å². The second-order valence-corrected chi connectivity index (χ2v) is 6.20. The van der Waals surface area contributed by atoms with Gasteiger partial charge in [0.05, 0.1) is 0 Å². The molecule has 0 atom stereocenters. The molecule has 6 nitrogen and oxygen atoms in total. The normalized spacial score (nSPS) is 13.7. The number of benzene rings is 2. The summed E-state index contributed by atoms with van der Waals surface area (Å²) in [5.74, 6) is -0.687. The zero-order valence-electron chi connectivity index (χ0n) is 14.5. The lowest BCUT2D eigenvalue weighted by Crippen LogP contribution is -2.28. The van der Waals surface area contributed by atoms with Crippen LogP contribution in [0.3, 0.4) is 0 Å². The smallest absolute Gasteiger partial charge is 0.322 e. The maximum absolute atomic E-state index is 14.0. The van der Waals surface area contributed by atoms with Gasteiger partial charge in [-0.05, 0) is 42.3 Å². The van der Waals surface area contributed by atoms with Gasteiger partial charge in [0.15, 0.2) is 0 Å². The Bertz CT molecular complexity index is 853. The molecule has 0 aromatic heterocycles. The highest BCUT2D eigenvalue weighted by molar-refractivity contribution is 5.97. The first kappa shape index (κ1) is 17.9. The van der Waals surface area contributed by atoms with Gasteiger partial charge in [0.1, 0.15) is 5.82 Å². The van der Waals surface area contributed by atoms with Gasteiger partial charge in [-0.15, -0.1) is 0 Å². The van der Waals surface area contributed by atoms with Crippen molar-refractivity contribution in [2.75, 3.05) is 18.0 Å². The summed E-state index contributed by atoms with van der Waals surface area (Å²) in [6.45, 7) is 3.41. The quantitative estimate of drug-likeness (QED) is 0.766. The number of urea groups is 1. The van der Waals surface area contributed by atoms with E-state index < -0.39 is 0 Å². The van der Waals surface area contributed by atoms with Gasteiger partial charge >= 0.3 is 6.03 Å². The molecule has 0 unspecified atom stereocenters. The Morgan fingerprint density at radius 3 is 2.73 bits per heavy atom. The van der Waals surface area contributed by atoms with E-state index in [1.165, 1.54) is 6.07 Å². The Balaban J connectivity index is 1.68. The lowest BCUT2D eigenvalue weighted by atomic mass is 10.1. The molecular weight excluding hydrogens is 335 g/mol. The van der Waals surface area contributed by atoms with Gasteiger partial charge in [0, 0.05) is 43.0 Å². The minimum Gasteiger partial charge on any atom is -0.348 e. The van der Waals surface area contributed by atoms with Gasteiger partial charge in [-0.3, -0.25) is 9.69 Å². The molecule has 3 amide bonds. The van der Waals surface area contributed by atoms with Crippen molar-refractivity contribution in [1.29, 1.82) is 0 Å². The van der Waals surface area contributed by atoms with Crippen LogP contribution in [0.1, 0.15) is 27.0 Å². The van der Waals surface area contributed by atoms with Crippen molar-refractivity contribution in [2.45, 2.75) is 20.0 Å². The van der Waals surface area contributed by atoms with Crippen LogP contribution in [-0.4, -0.2) is 25.0 Å². The van der Waals surface area contributed by atoms with Crippen LogP contribution >= 0.6 is 0 Å². The fourth-order valence-electron chi connectivity index (χ4n) is 2.94. The minimum absolute atomic E-state index is 0.0881. The van der Waals surface area contributed by atoms with E-state index in [2.05, 4.69) is 10.6 Å². The van der Waals surface area contributed by atoms with Gasteiger partial charge in [-0.25, -0.2) is 9.18 Å². The number of carbonyl (C=O) groups excluding carboxylic acids is 2. The number of nitrogens with two attached hydrogens (primary N) is 1. The average molecular weight is 356 g/mol. The van der Waals surface area contributed by atoms with E-state index in [9.17, 15) is 14.0 Å². The van der Waals surface area contributed by atoms with E-state index in [0.717, 1.165) is 11.3 Å². The fraction of sp³-hybridized carbons (Fsp3) is 0.263. The van der Waals surface area contributed by atoms with Gasteiger partial charge in [-0.1, -0.05) is 12.1 Å². The van der Waals surface area contributed by atoms with Gasteiger partial charge in [-0.2, -0.15) is 0 Å². The summed E-state index contributed by atoms with van der Waals surface area (Å²) in [5.41, 5.74) is 8.65. The molecule has 0 radical (unpaired) electrons. The third kappa shape index (κ3) is 3.67. The molecule has 3 rings (SSSR count). The highest BCUT2D eigenvalue weighted by atomic mass is 19.1. The van der Waals surface area contributed by atoms with Gasteiger partial charge < -0.3 is 16.4 Å². The molecule has 1 aliphatic heterocycles. The molecule has 0 saturated carbocycles. The number of halogens is 1. The maximum Gasteiger partial charge on any atom is 0.322 e. The molecule has 1 fully saturated rings. The SMILES string of the molecule is Cc1cc(C(=O)NCc2ccc(CN)cc2F)ccc1N1CCNC1=O. The van der Waals surface area contributed by atoms with Crippen LogP contribution in [-0.2, 0) is 13.1 Å². The molecule has 136 valence electrons. The predicted octanol–water partition coefficient (Wildman–Crippen LogP) is 2.05. The van der Waals surface area contributed by atoms with Crippen LogP contribution in [0.4, 0.5) is 14.9 Å². The number of carbonyl (C=O) groups is 2. The first-order chi connectivity index (χ1) is 12.5. The van der Waals surface area contributed by atoms with Crippen LogP contribution in [0, 0.1) is 12.7 Å². The summed E-state index contributed by atoms with van der Waals surface area (Å²) in [5, 5.41) is 5.46. The highest BCUT2D eigenvalue weighted by Gasteiger charge is 2.23. The van der Waals surface area contributed by atoms with Crippen LogP contribution in [0.25, 0.3) is 0 Å². The Kier molecular flexibility index (Phi) is 5.18. The number of nitrogens with one attached hydrogen (secondary N) is 2. The number of rotatable bonds is 5. The van der Waals surface area contributed by atoms with Crippen LogP contribution in [0.2, 0.25) is 0 Å². The summed E-state index contributed by atoms with van der Waals surface area (Å²) >= 11 is 0. The first-order valence-corrected chi connectivity index (χ1v) is 8.41. The number of amides is 3. The van der Waals surface area contributed by atoms with Crippen molar-refractivity contribution >= 4 is 17.6 Å². The Labute approximate surface area is 151 Å². The molecule has 0 bridgehead atoms. The third-order valence-electron chi connectivity index (χ3n) is 4.40. The summed E-state index contributed by atoms with van der Waals surface area (Å²) in [4.78, 5) is 25.8. The van der Waals surface area contributed by atoms with Gasteiger partial charge in [0.2, 0.25) is 0 Å². The average Bonchev–Trinajstić information content (AvgIpc) is 3.06. The number of hydrogen-bond acceptors (Lipinski definition) is 3. The molecule has 0 aliphatic carbocycles.